The van der Waals surface area contributed by atoms with Crippen LogP contribution in [0, 0.1) is 27.7 Å². The number of sulfonamides is 1. The zero-order chi connectivity index (χ0) is 25.3. The van der Waals surface area contributed by atoms with Crippen LogP contribution in [0.2, 0.25) is 0 Å². The molecule has 35 heavy (non-hydrogen) atoms. The topological polar surface area (TPSA) is 158 Å². The van der Waals surface area contributed by atoms with E-state index in [1.165, 1.54) is 0 Å². The summed E-state index contributed by atoms with van der Waals surface area (Å²) in [5.41, 5.74) is 8.24. The van der Waals surface area contributed by atoms with E-state index in [-0.39, 0.29) is 13.0 Å². The van der Waals surface area contributed by atoms with Crippen molar-refractivity contribution in [3.63, 3.8) is 0 Å². The average molecular weight is 606 g/mol. The number of benzene rings is 3. The molecule has 13 heteroatoms. The second kappa shape index (κ2) is 14.0. The summed E-state index contributed by atoms with van der Waals surface area (Å²) >= 11 is 1.82. The number of hydrogen-bond donors (Lipinski definition) is 0. The minimum absolute atomic E-state index is 0. The maximum Gasteiger partial charge on any atom is 0.280 e. The third-order valence-electron chi connectivity index (χ3n) is 4.70. The fourth-order valence-electron chi connectivity index (χ4n) is 3.17. The average Bonchev–Trinajstić information content (AvgIpc) is 2.84. The maximum absolute atomic E-state index is 12.9. The molecule has 2 atom stereocenters. The van der Waals surface area contributed by atoms with Gasteiger partial charge in [-0.1, -0.05) is 71.8 Å². The molecule has 0 bridgehead atoms. The van der Waals surface area contributed by atoms with Gasteiger partial charge in [-0.2, -0.15) is 0 Å². The van der Waals surface area contributed by atoms with E-state index < -0.39 is 49.1 Å². The van der Waals surface area contributed by atoms with E-state index in [2.05, 4.69) is 14.4 Å². The Hall–Kier alpha value is -2.76. The molecular weight excluding hydrogens is 585 g/mol. The molecule has 3 aromatic carbocycles. The van der Waals surface area contributed by atoms with Crippen LogP contribution in [0.3, 0.4) is 0 Å². The van der Waals surface area contributed by atoms with E-state index in [1.54, 1.807) is 60.7 Å². The van der Waals surface area contributed by atoms with Gasteiger partial charge in [0.1, 0.15) is 0 Å². The second-order valence-corrected chi connectivity index (χ2v) is 8.57. The van der Waals surface area contributed by atoms with Crippen LogP contribution in [-0.2, 0) is 33.1 Å². The van der Waals surface area contributed by atoms with Crippen molar-refractivity contribution in [2.75, 3.05) is 0 Å². The molecule has 0 radical (unpaired) electrons. The molecule has 0 saturated heterocycles. The minimum atomic E-state index is -4.29. The summed E-state index contributed by atoms with van der Waals surface area (Å²) in [6.07, 6.45) is 0. The number of hydrogen-bond acceptors (Lipinski definition) is 6. The normalized spacial score (nSPS) is 12.3. The molecule has 0 aliphatic rings. The predicted molar refractivity (Wildman–Crippen MR) is 131 cm³/mol. The molecule has 10 nitrogen and oxygen atoms in total. The molecule has 0 fully saturated rings. The van der Waals surface area contributed by atoms with Crippen LogP contribution in [0.15, 0.2) is 78.9 Å². The van der Waals surface area contributed by atoms with Crippen LogP contribution >= 0.6 is 9.69 Å². The van der Waals surface area contributed by atoms with Crippen molar-refractivity contribution in [3.05, 3.63) is 134 Å². The van der Waals surface area contributed by atoms with Crippen LogP contribution < -0.4 is 0 Å². The maximum atomic E-state index is 12.9. The number of halogens is 1. The fraction of sp³-hybridized carbons (Fsp3) is 0.136. The first-order chi connectivity index (χ1) is 16.2. The molecule has 0 aliphatic heterocycles. The van der Waals surface area contributed by atoms with Gasteiger partial charge in [0.2, 0.25) is 0 Å². The van der Waals surface area contributed by atoms with E-state index in [1.807, 2.05) is 17.3 Å². The van der Waals surface area contributed by atoms with Crippen molar-refractivity contribution in [3.8, 4) is 0 Å². The Morgan fingerprint density at radius 3 is 1.89 bits per heavy atom. The summed E-state index contributed by atoms with van der Waals surface area (Å²) in [7, 11) is 0.275. The third kappa shape index (κ3) is 8.45. The summed E-state index contributed by atoms with van der Waals surface area (Å²) in [6, 6.07) is 17.7. The first-order valence-electron chi connectivity index (χ1n) is 9.49. The molecule has 0 heterocycles. The largest absolute Gasteiger partial charge is 0.672 e. The molecule has 2 unspecified atom stereocenters. The van der Waals surface area contributed by atoms with Gasteiger partial charge in [0.05, 0.1) is 31.7 Å². The molecule has 186 valence electrons. The first kappa shape index (κ1) is 30.3. The Kier molecular flexibility index (Phi) is 12.1. The molecular formula is C22H21ClN4O6RuS. The van der Waals surface area contributed by atoms with E-state index in [9.17, 15) is 28.6 Å². The smallest absolute Gasteiger partial charge is 0.280 e. The molecule has 0 aliphatic carbocycles. The Morgan fingerprint density at radius 2 is 1.40 bits per heavy atom. The molecule has 0 spiro atoms. The molecule has 0 aromatic heterocycles. The number of rotatable bonds is 9. The zero-order valence-electron chi connectivity index (χ0n) is 18.3. The zero-order valence-corrected chi connectivity index (χ0v) is 21.6. The number of nitrogens with one attached hydrogen (secondary N) is 1. The number of nitro benzene ring substituents is 2. The van der Waals surface area contributed by atoms with Gasteiger partial charge in [-0.15, -0.1) is 12.1 Å². The number of non-ortho nitro benzene ring substituents is 1. The summed E-state index contributed by atoms with van der Waals surface area (Å²) in [5, 5.41) is 22.3. The minimum Gasteiger partial charge on any atom is -0.672 e. The standard InChI is InChI=1S/C21H18N4O6S.CH3.ClH.Ru/c22-20(15-7-3-1-4-8-15)21(16-9-5-2-6-10-16)23-32(30,31)14-17-11-12-18(24(26)27)13-19(17)25(28)29;;;/h1-13,20-22H,14H2;1H3;1H;/q-2;-1;;+4/p-1. The Bertz CT molecular complexity index is 1230. The van der Waals surface area contributed by atoms with Gasteiger partial charge >= 0.3 is 27.0 Å². The summed E-state index contributed by atoms with van der Waals surface area (Å²) in [5.74, 6) is -0.827. The summed E-state index contributed by atoms with van der Waals surface area (Å²) in [6.45, 7) is 0. The molecule has 0 amide bonds. The van der Waals surface area contributed by atoms with E-state index in [4.69, 9.17) is 5.73 Å². The van der Waals surface area contributed by atoms with Crippen LogP contribution in [0.4, 0.5) is 11.4 Å². The van der Waals surface area contributed by atoms with Gasteiger partial charge in [-0.3, -0.25) is 20.2 Å². The van der Waals surface area contributed by atoms with Gasteiger partial charge < -0.3 is 17.9 Å². The SMILES string of the molecule is [CH3-].[Cl][Ru+3].[NH-]C(c1ccccc1)C([N-]S(=O)(=O)Cc1ccc([N+](=O)[O-])cc1[N+](=O)[O-])c1ccccc1. The summed E-state index contributed by atoms with van der Waals surface area (Å²) < 4.78 is 29.7. The van der Waals surface area contributed by atoms with Gasteiger partial charge in [0, 0.05) is 11.6 Å². The van der Waals surface area contributed by atoms with E-state index in [0.29, 0.717) is 11.1 Å². The van der Waals surface area contributed by atoms with E-state index in [0.717, 1.165) is 18.2 Å². The number of nitro groups is 2. The van der Waals surface area contributed by atoms with E-state index >= 15 is 0 Å². The monoisotopic (exact) mass is 606 g/mol. The van der Waals surface area contributed by atoms with Gasteiger partial charge in [0.25, 0.3) is 11.4 Å². The van der Waals surface area contributed by atoms with Crippen LogP contribution in [0.5, 0.6) is 0 Å². The predicted octanol–water partition coefficient (Wildman–Crippen LogP) is 6.38. The van der Waals surface area contributed by atoms with Gasteiger partial charge in [0.15, 0.2) is 0 Å². The van der Waals surface area contributed by atoms with Crippen molar-refractivity contribution in [2.24, 2.45) is 0 Å². The number of nitrogens with zero attached hydrogens (tertiary/aromatic N) is 3. The Labute approximate surface area is 217 Å². The molecule has 3 aromatic rings. The third-order valence-corrected chi connectivity index (χ3v) is 5.93. The molecule has 3 rings (SSSR count). The van der Waals surface area contributed by atoms with Crippen molar-refractivity contribution in [1.29, 1.82) is 0 Å². The van der Waals surface area contributed by atoms with Crippen molar-refractivity contribution in [2.45, 2.75) is 17.8 Å². The van der Waals surface area contributed by atoms with Gasteiger partial charge in [-0.25, -0.2) is 8.42 Å². The van der Waals surface area contributed by atoms with Crippen molar-refractivity contribution >= 4 is 31.1 Å². The van der Waals surface area contributed by atoms with Crippen LogP contribution in [-0.4, -0.2) is 18.3 Å². The van der Waals surface area contributed by atoms with Crippen LogP contribution in [0.1, 0.15) is 28.8 Å². The summed E-state index contributed by atoms with van der Waals surface area (Å²) in [4.78, 5) is 20.6. The van der Waals surface area contributed by atoms with Crippen molar-refractivity contribution in [1.82, 2.24) is 0 Å². The fourth-order valence-corrected chi connectivity index (χ4v) is 4.47. The molecule has 0 saturated carbocycles. The first-order valence-corrected chi connectivity index (χ1v) is 13.3. The molecule has 1 N–H and O–H groups in total. The quantitative estimate of drug-likeness (QED) is 0.119. The van der Waals surface area contributed by atoms with Gasteiger partial charge in [-0.05, 0) is 6.07 Å². The Morgan fingerprint density at radius 1 is 0.886 bits per heavy atom. The Balaban J connectivity index is 0.00000199. The second-order valence-electron chi connectivity index (χ2n) is 6.90. The van der Waals surface area contributed by atoms with Crippen LogP contribution in [0.25, 0.3) is 10.5 Å². The van der Waals surface area contributed by atoms with Crippen molar-refractivity contribution < 1.29 is 35.6 Å².